The van der Waals surface area contributed by atoms with Crippen molar-refractivity contribution in [2.24, 2.45) is 0 Å². The molecule has 0 spiro atoms. The number of hydrogen-bond donors (Lipinski definition) is 2. The highest BCUT2D eigenvalue weighted by Gasteiger charge is 2.21. The Morgan fingerprint density at radius 2 is 2.43 bits per heavy atom. The standard InChI is InChI=1S/C14H16ClN3O2S/c15-13-4-3-11(21-13)7-16-14(20)8-18-12-5-10(19)2-1-9(12)6-17-18/h3-4,6,10,19H,1-2,5,7-8H2,(H,16,20). The van der Waals surface area contributed by atoms with E-state index in [1.165, 1.54) is 11.3 Å². The maximum Gasteiger partial charge on any atom is 0.242 e. The Morgan fingerprint density at radius 3 is 3.19 bits per heavy atom. The average Bonchev–Trinajstić information content (AvgIpc) is 3.04. The third kappa shape index (κ3) is 3.45. The molecule has 1 unspecified atom stereocenters. The minimum Gasteiger partial charge on any atom is -0.393 e. The number of halogens is 1. The number of aliphatic hydroxyl groups is 1. The molecule has 3 rings (SSSR count). The van der Waals surface area contributed by atoms with Gasteiger partial charge in [-0.2, -0.15) is 5.10 Å². The molecule has 2 heterocycles. The lowest BCUT2D eigenvalue weighted by molar-refractivity contribution is -0.122. The van der Waals surface area contributed by atoms with Crippen LogP contribution in [0.25, 0.3) is 0 Å². The molecule has 1 aliphatic carbocycles. The molecule has 1 aliphatic rings. The maximum atomic E-state index is 12.0. The van der Waals surface area contributed by atoms with E-state index in [0.29, 0.717) is 13.0 Å². The Labute approximate surface area is 131 Å². The smallest absolute Gasteiger partial charge is 0.242 e. The number of rotatable bonds is 4. The fourth-order valence-electron chi connectivity index (χ4n) is 2.50. The Kier molecular flexibility index (Phi) is 4.28. The quantitative estimate of drug-likeness (QED) is 0.900. The van der Waals surface area contributed by atoms with Gasteiger partial charge in [0.15, 0.2) is 0 Å². The van der Waals surface area contributed by atoms with Gasteiger partial charge in [-0.25, -0.2) is 0 Å². The predicted molar refractivity (Wildman–Crippen MR) is 81.4 cm³/mol. The van der Waals surface area contributed by atoms with Crippen LogP contribution < -0.4 is 5.32 Å². The van der Waals surface area contributed by atoms with Crippen molar-refractivity contribution in [3.8, 4) is 0 Å². The van der Waals surface area contributed by atoms with Crippen LogP contribution in [-0.2, 0) is 30.7 Å². The number of hydrogen-bond acceptors (Lipinski definition) is 4. The Bertz CT molecular complexity index is 652. The lowest BCUT2D eigenvalue weighted by atomic mass is 9.96. The van der Waals surface area contributed by atoms with Crippen LogP contribution in [-0.4, -0.2) is 26.9 Å². The molecule has 2 N–H and O–H groups in total. The maximum absolute atomic E-state index is 12.0. The summed E-state index contributed by atoms with van der Waals surface area (Å²) in [7, 11) is 0. The number of carbonyl (C=O) groups is 1. The molecule has 2 aromatic rings. The van der Waals surface area contributed by atoms with E-state index in [1.54, 1.807) is 10.9 Å². The van der Waals surface area contributed by atoms with E-state index in [1.807, 2.05) is 12.1 Å². The minimum atomic E-state index is -0.329. The summed E-state index contributed by atoms with van der Waals surface area (Å²) < 4.78 is 2.41. The molecular weight excluding hydrogens is 310 g/mol. The van der Waals surface area contributed by atoms with Crippen molar-refractivity contribution in [3.63, 3.8) is 0 Å². The van der Waals surface area contributed by atoms with Crippen molar-refractivity contribution in [2.75, 3.05) is 0 Å². The number of aromatic nitrogens is 2. The second kappa shape index (κ2) is 6.17. The number of nitrogens with zero attached hydrogens (tertiary/aromatic N) is 2. The molecule has 2 aromatic heterocycles. The molecule has 0 saturated carbocycles. The molecule has 0 aliphatic heterocycles. The van der Waals surface area contributed by atoms with Crippen molar-refractivity contribution in [1.29, 1.82) is 0 Å². The number of amides is 1. The third-order valence-electron chi connectivity index (χ3n) is 3.59. The van der Waals surface area contributed by atoms with E-state index in [0.717, 1.165) is 33.3 Å². The zero-order valence-corrected chi connectivity index (χ0v) is 13.0. The van der Waals surface area contributed by atoms with E-state index in [-0.39, 0.29) is 18.6 Å². The van der Waals surface area contributed by atoms with Crippen molar-refractivity contribution in [1.82, 2.24) is 15.1 Å². The van der Waals surface area contributed by atoms with E-state index in [2.05, 4.69) is 10.4 Å². The summed E-state index contributed by atoms with van der Waals surface area (Å²) in [6, 6.07) is 3.72. The lowest BCUT2D eigenvalue weighted by Gasteiger charge is -2.18. The highest BCUT2D eigenvalue weighted by atomic mass is 35.5. The molecule has 0 bridgehead atoms. The van der Waals surface area contributed by atoms with Crippen LogP contribution in [0.5, 0.6) is 0 Å². The van der Waals surface area contributed by atoms with Gasteiger partial charge in [0, 0.05) is 17.0 Å². The SMILES string of the molecule is O=C(Cn1ncc2c1CC(O)CC2)NCc1ccc(Cl)s1. The molecule has 112 valence electrons. The molecule has 0 saturated heterocycles. The Hall–Kier alpha value is -1.37. The van der Waals surface area contributed by atoms with Crippen LogP contribution in [0.1, 0.15) is 22.6 Å². The van der Waals surface area contributed by atoms with Gasteiger partial charge in [0.25, 0.3) is 0 Å². The molecule has 0 fully saturated rings. The molecule has 0 radical (unpaired) electrons. The summed E-state index contributed by atoms with van der Waals surface area (Å²) in [5.41, 5.74) is 2.11. The molecule has 1 amide bonds. The van der Waals surface area contributed by atoms with Crippen LogP contribution in [0.4, 0.5) is 0 Å². The zero-order chi connectivity index (χ0) is 14.8. The second-order valence-electron chi connectivity index (χ2n) is 5.15. The van der Waals surface area contributed by atoms with Crippen molar-refractivity contribution in [3.05, 3.63) is 38.8 Å². The molecular formula is C14H16ClN3O2S. The van der Waals surface area contributed by atoms with Gasteiger partial charge in [-0.05, 0) is 30.5 Å². The van der Waals surface area contributed by atoms with Gasteiger partial charge in [-0.15, -0.1) is 11.3 Å². The first-order chi connectivity index (χ1) is 10.1. The van der Waals surface area contributed by atoms with Crippen LogP contribution in [0.2, 0.25) is 4.34 Å². The van der Waals surface area contributed by atoms with Crippen LogP contribution >= 0.6 is 22.9 Å². The Balaban J connectivity index is 1.59. The minimum absolute atomic E-state index is 0.0921. The molecule has 21 heavy (non-hydrogen) atoms. The monoisotopic (exact) mass is 325 g/mol. The number of aliphatic hydroxyl groups excluding tert-OH is 1. The summed E-state index contributed by atoms with van der Waals surface area (Å²) in [5.74, 6) is -0.0921. The highest BCUT2D eigenvalue weighted by Crippen LogP contribution is 2.22. The fraction of sp³-hybridized carbons (Fsp3) is 0.429. The fourth-order valence-corrected chi connectivity index (χ4v) is 3.53. The second-order valence-corrected chi connectivity index (χ2v) is 6.95. The number of nitrogens with one attached hydrogen (secondary N) is 1. The van der Waals surface area contributed by atoms with Gasteiger partial charge < -0.3 is 10.4 Å². The topological polar surface area (TPSA) is 67.2 Å². The first-order valence-corrected chi connectivity index (χ1v) is 8.04. The van der Waals surface area contributed by atoms with E-state index < -0.39 is 0 Å². The molecule has 0 aromatic carbocycles. The summed E-state index contributed by atoms with van der Waals surface area (Å²) in [4.78, 5) is 13.0. The average molecular weight is 326 g/mol. The largest absolute Gasteiger partial charge is 0.393 e. The highest BCUT2D eigenvalue weighted by molar-refractivity contribution is 7.16. The lowest BCUT2D eigenvalue weighted by Crippen LogP contribution is -2.29. The van der Waals surface area contributed by atoms with Gasteiger partial charge in [-0.3, -0.25) is 9.48 Å². The number of carbonyl (C=O) groups excluding carboxylic acids is 1. The summed E-state index contributed by atoms with van der Waals surface area (Å²) in [6.45, 7) is 0.656. The summed E-state index contributed by atoms with van der Waals surface area (Å²) in [6.07, 6.45) is 3.64. The van der Waals surface area contributed by atoms with Gasteiger partial charge >= 0.3 is 0 Å². The molecule has 1 atom stereocenters. The normalized spacial score (nSPS) is 17.5. The van der Waals surface area contributed by atoms with Crippen LogP contribution in [0, 0.1) is 0 Å². The van der Waals surface area contributed by atoms with Gasteiger partial charge in [-0.1, -0.05) is 11.6 Å². The first-order valence-electron chi connectivity index (χ1n) is 6.84. The van der Waals surface area contributed by atoms with Gasteiger partial charge in [0.1, 0.15) is 6.54 Å². The van der Waals surface area contributed by atoms with Crippen molar-refractivity contribution >= 4 is 28.8 Å². The van der Waals surface area contributed by atoms with Gasteiger partial charge in [0.2, 0.25) is 5.91 Å². The van der Waals surface area contributed by atoms with E-state index in [4.69, 9.17) is 11.6 Å². The number of aryl methyl sites for hydroxylation is 1. The van der Waals surface area contributed by atoms with E-state index >= 15 is 0 Å². The van der Waals surface area contributed by atoms with Gasteiger partial charge in [0.05, 0.1) is 23.2 Å². The number of thiophene rings is 1. The number of fused-ring (bicyclic) bond motifs is 1. The Morgan fingerprint density at radius 1 is 1.57 bits per heavy atom. The molecule has 5 nitrogen and oxygen atoms in total. The third-order valence-corrected chi connectivity index (χ3v) is 4.82. The van der Waals surface area contributed by atoms with Crippen molar-refractivity contribution < 1.29 is 9.90 Å². The molecule has 7 heteroatoms. The zero-order valence-electron chi connectivity index (χ0n) is 11.4. The first kappa shape index (κ1) is 14.6. The predicted octanol–water partition coefficient (Wildman–Crippen LogP) is 1.76. The van der Waals surface area contributed by atoms with Crippen LogP contribution in [0.3, 0.4) is 0 Å². The van der Waals surface area contributed by atoms with Crippen molar-refractivity contribution in [2.45, 2.75) is 38.5 Å². The summed E-state index contributed by atoms with van der Waals surface area (Å²) >= 11 is 7.31. The summed E-state index contributed by atoms with van der Waals surface area (Å²) in [5, 5.41) is 16.9. The van der Waals surface area contributed by atoms with E-state index in [9.17, 15) is 9.90 Å². The van der Waals surface area contributed by atoms with Crippen LogP contribution in [0.15, 0.2) is 18.3 Å².